The Kier molecular flexibility index (Phi) is 7.15. The van der Waals surface area contributed by atoms with Gasteiger partial charge in [0.1, 0.15) is 5.75 Å². The third-order valence-electron chi connectivity index (χ3n) is 5.79. The van der Waals surface area contributed by atoms with E-state index in [1.54, 1.807) is 7.11 Å². The van der Waals surface area contributed by atoms with Crippen molar-refractivity contribution in [1.29, 1.82) is 0 Å². The maximum absolute atomic E-state index is 12.9. The number of benzene rings is 1. The Balaban J connectivity index is 1.53. The number of hydrogen-bond donors (Lipinski definition) is 1. The molecule has 2 heterocycles. The van der Waals surface area contributed by atoms with Crippen LogP contribution in [0.5, 0.6) is 5.75 Å². The van der Waals surface area contributed by atoms with E-state index in [4.69, 9.17) is 4.74 Å². The third-order valence-corrected chi connectivity index (χ3v) is 5.79. The van der Waals surface area contributed by atoms with E-state index in [2.05, 4.69) is 35.0 Å². The minimum atomic E-state index is 0.148. The number of likely N-dealkylation sites (tertiary alicyclic amines) is 1. The summed E-state index contributed by atoms with van der Waals surface area (Å²) in [5.74, 6) is 1.61. The van der Waals surface area contributed by atoms with E-state index < -0.39 is 0 Å². The topological polar surface area (TPSA) is 48.6 Å². The number of ether oxygens (including phenoxy) is 1. The van der Waals surface area contributed by atoms with Gasteiger partial charge in [-0.15, -0.1) is 0 Å². The molecule has 1 atom stereocenters. The number of nitrogens with zero attached hydrogens (tertiary/aromatic N) is 2. The smallest absolute Gasteiger partial charge is 0.255 e. The van der Waals surface area contributed by atoms with Gasteiger partial charge in [0.25, 0.3) is 5.91 Å². The minimum absolute atomic E-state index is 0.148. The zero-order valence-electron chi connectivity index (χ0n) is 17.4. The average Bonchev–Trinajstić information content (AvgIpc) is 3.16. The predicted molar refractivity (Wildman–Crippen MR) is 113 cm³/mol. The average molecular weight is 384 g/mol. The summed E-state index contributed by atoms with van der Waals surface area (Å²) in [4.78, 5) is 20.5. The number of carbonyl (C=O) groups excluding carboxylic acids is 1. The first-order valence-corrected chi connectivity index (χ1v) is 10.4. The minimum Gasteiger partial charge on any atom is -0.497 e. The van der Waals surface area contributed by atoms with Crippen molar-refractivity contribution in [2.45, 2.75) is 33.1 Å². The molecule has 1 aliphatic rings. The Hall–Kier alpha value is -2.27. The molecule has 1 saturated heterocycles. The number of aryl methyl sites for hydroxylation is 1. The van der Waals surface area contributed by atoms with Crippen molar-refractivity contribution in [3.05, 3.63) is 53.3 Å². The number of amides is 1. The Morgan fingerprint density at radius 3 is 2.93 bits per heavy atom. The molecule has 5 nitrogen and oxygen atoms in total. The van der Waals surface area contributed by atoms with Crippen molar-refractivity contribution in [3.63, 3.8) is 0 Å². The van der Waals surface area contributed by atoms with Crippen molar-refractivity contribution >= 4 is 5.91 Å². The normalized spacial score (nSPS) is 17.5. The molecule has 3 rings (SSSR count). The Labute approximate surface area is 168 Å². The van der Waals surface area contributed by atoms with Crippen LogP contribution < -0.4 is 4.74 Å². The molecule has 0 spiro atoms. The first kappa shape index (κ1) is 20.5. The van der Waals surface area contributed by atoms with E-state index in [0.717, 1.165) is 56.2 Å². The second-order valence-electron chi connectivity index (χ2n) is 7.77. The van der Waals surface area contributed by atoms with Crippen LogP contribution in [0.3, 0.4) is 0 Å². The molecule has 1 unspecified atom stereocenters. The van der Waals surface area contributed by atoms with Gasteiger partial charge in [-0.1, -0.05) is 12.1 Å². The van der Waals surface area contributed by atoms with Crippen LogP contribution in [-0.2, 0) is 6.42 Å². The van der Waals surface area contributed by atoms with E-state index in [9.17, 15) is 4.79 Å². The molecule has 1 amide bonds. The number of piperidine rings is 1. The van der Waals surface area contributed by atoms with Gasteiger partial charge < -0.3 is 19.5 Å². The van der Waals surface area contributed by atoms with Crippen molar-refractivity contribution < 1.29 is 9.53 Å². The molecule has 1 aromatic heterocycles. The fourth-order valence-corrected chi connectivity index (χ4v) is 4.14. The highest BCUT2D eigenvalue weighted by Crippen LogP contribution is 2.20. The van der Waals surface area contributed by atoms with Crippen LogP contribution in [0.25, 0.3) is 0 Å². The monoisotopic (exact) mass is 383 g/mol. The van der Waals surface area contributed by atoms with Gasteiger partial charge in [0.05, 0.1) is 12.7 Å². The lowest BCUT2D eigenvalue weighted by Gasteiger charge is -2.35. The first-order valence-electron chi connectivity index (χ1n) is 10.4. The zero-order chi connectivity index (χ0) is 19.9. The van der Waals surface area contributed by atoms with Crippen molar-refractivity contribution in [3.8, 4) is 5.75 Å². The van der Waals surface area contributed by atoms with Crippen LogP contribution in [0.15, 0.2) is 36.5 Å². The Bertz CT molecular complexity index is 771. The fraction of sp³-hybridized carbons (Fsp3) is 0.522. The van der Waals surface area contributed by atoms with E-state index >= 15 is 0 Å². The molecule has 1 fully saturated rings. The predicted octanol–water partition coefficient (Wildman–Crippen LogP) is 3.75. The quantitative estimate of drug-likeness (QED) is 0.755. The van der Waals surface area contributed by atoms with Crippen molar-refractivity contribution in [1.82, 2.24) is 14.8 Å². The molecule has 2 aromatic rings. The third kappa shape index (κ3) is 5.16. The number of nitrogens with one attached hydrogen (secondary N) is 1. The molecule has 5 heteroatoms. The van der Waals surface area contributed by atoms with Gasteiger partial charge in [-0.3, -0.25) is 4.79 Å². The second kappa shape index (κ2) is 9.78. The lowest BCUT2D eigenvalue weighted by atomic mass is 9.96. The zero-order valence-corrected chi connectivity index (χ0v) is 17.4. The molecule has 0 aliphatic carbocycles. The molecule has 1 aromatic carbocycles. The molecule has 0 bridgehead atoms. The van der Waals surface area contributed by atoms with E-state index in [1.807, 2.05) is 30.2 Å². The summed E-state index contributed by atoms with van der Waals surface area (Å²) in [5.41, 5.74) is 3.06. The summed E-state index contributed by atoms with van der Waals surface area (Å²) >= 11 is 0. The molecule has 1 N–H and O–H groups in total. The van der Waals surface area contributed by atoms with E-state index in [1.165, 1.54) is 18.4 Å². The van der Waals surface area contributed by atoms with Crippen LogP contribution in [0.1, 0.15) is 41.4 Å². The summed E-state index contributed by atoms with van der Waals surface area (Å²) in [6.07, 6.45) is 5.28. The Morgan fingerprint density at radius 2 is 2.21 bits per heavy atom. The number of hydrogen-bond acceptors (Lipinski definition) is 3. The molecule has 152 valence electrons. The molecular formula is C23H33N3O2. The number of H-pyrrole nitrogens is 1. The van der Waals surface area contributed by atoms with Crippen molar-refractivity contribution in [2.24, 2.45) is 5.92 Å². The molecule has 28 heavy (non-hydrogen) atoms. The van der Waals surface area contributed by atoms with Gasteiger partial charge in [-0.2, -0.15) is 0 Å². The van der Waals surface area contributed by atoms with Gasteiger partial charge in [0, 0.05) is 38.1 Å². The fourth-order valence-electron chi connectivity index (χ4n) is 4.14. The molecule has 1 aliphatic heterocycles. The number of carbonyl (C=O) groups is 1. The molecule has 0 saturated carbocycles. The number of aromatic amines is 1. The summed E-state index contributed by atoms with van der Waals surface area (Å²) in [6.45, 7) is 8.91. The highest BCUT2D eigenvalue weighted by atomic mass is 16.5. The van der Waals surface area contributed by atoms with Gasteiger partial charge in [-0.25, -0.2) is 0 Å². The summed E-state index contributed by atoms with van der Waals surface area (Å²) in [6, 6.07) is 10.2. The summed E-state index contributed by atoms with van der Waals surface area (Å²) < 4.78 is 5.33. The lowest BCUT2D eigenvalue weighted by Crippen LogP contribution is -2.43. The molecule has 0 radical (unpaired) electrons. The van der Waals surface area contributed by atoms with Crippen LogP contribution in [0.2, 0.25) is 0 Å². The number of aromatic nitrogens is 1. The highest BCUT2D eigenvalue weighted by molar-refractivity contribution is 5.95. The second-order valence-corrected chi connectivity index (χ2v) is 7.77. The maximum Gasteiger partial charge on any atom is 0.255 e. The van der Waals surface area contributed by atoms with Crippen LogP contribution >= 0.6 is 0 Å². The lowest BCUT2D eigenvalue weighted by molar-refractivity contribution is 0.0690. The highest BCUT2D eigenvalue weighted by Gasteiger charge is 2.25. The van der Waals surface area contributed by atoms with Crippen molar-refractivity contribution in [2.75, 3.05) is 39.8 Å². The summed E-state index contributed by atoms with van der Waals surface area (Å²) in [5, 5.41) is 0. The van der Waals surface area contributed by atoms with Gasteiger partial charge in [-0.05, 0) is 69.3 Å². The van der Waals surface area contributed by atoms with Crippen LogP contribution in [0.4, 0.5) is 0 Å². The standard InChI is InChI=1S/C23H33N3O2/c1-4-26(23(27)22-10-12-24-18(22)2)17-20-8-6-13-25(16-20)14-11-19-7-5-9-21(15-19)28-3/h5,7,9-10,12,15,20,24H,4,6,8,11,13-14,16-17H2,1-3H3. The largest absolute Gasteiger partial charge is 0.497 e. The van der Waals surface area contributed by atoms with Crippen LogP contribution in [0, 0.1) is 12.8 Å². The van der Waals surface area contributed by atoms with Gasteiger partial charge in [0.15, 0.2) is 0 Å². The van der Waals surface area contributed by atoms with Gasteiger partial charge in [0.2, 0.25) is 0 Å². The first-order chi connectivity index (χ1) is 13.6. The maximum atomic E-state index is 12.9. The van der Waals surface area contributed by atoms with Crippen LogP contribution in [-0.4, -0.2) is 60.5 Å². The van der Waals surface area contributed by atoms with E-state index in [0.29, 0.717) is 5.92 Å². The number of rotatable bonds is 8. The number of methoxy groups -OCH3 is 1. The van der Waals surface area contributed by atoms with Gasteiger partial charge >= 0.3 is 0 Å². The Morgan fingerprint density at radius 1 is 1.36 bits per heavy atom. The summed E-state index contributed by atoms with van der Waals surface area (Å²) in [7, 11) is 1.71. The SMILES string of the molecule is CCN(CC1CCCN(CCc2cccc(OC)c2)C1)C(=O)c1cc[nH]c1C. The van der Waals surface area contributed by atoms with E-state index in [-0.39, 0.29) is 5.91 Å². The molecular weight excluding hydrogens is 350 g/mol.